The number of anilines is 1. The van der Waals surface area contributed by atoms with Crippen molar-refractivity contribution in [1.82, 2.24) is 15.2 Å². The van der Waals surface area contributed by atoms with E-state index in [1.165, 1.54) is 25.9 Å². The highest BCUT2D eigenvalue weighted by atomic mass is 16.2. The van der Waals surface area contributed by atoms with Gasteiger partial charge in [0.05, 0.1) is 11.2 Å². The molecule has 0 atom stereocenters. The van der Waals surface area contributed by atoms with Crippen LogP contribution >= 0.6 is 0 Å². The first-order valence-corrected chi connectivity index (χ1v) is 8.35. The van der Waals surface area contributed by atoms with Gasteiger partial charge in [0.1, 0.15) is 0 Å². The molecule has 0 bridgehead atoms. The Morgan fingerprint density at radius 2 is 2.09 bits per heavy atom. The van der Waals surface area contributed by atoms with Gasteiger partial charge in [0, 0.05) is 18.1 Å². The SMILES string of the molecule is Cc1ccc(NC(=O)NCCCN2CCCC2)c2cccnc12. The van der Waals surface area contributed by atoms with Crippen LogP contribution in [0, 0.1) is 6.92 Å². The summed E-state index contributed by atoms with van der Waals surface area (Å²) in [4.78, 5) is 18.9. The van der Waals surface area contributed by atoms with Gasteiger partial charge in [-0.15, -0.1) is 0 Å². The number of nitrogens with one attached hydrogen (secondary N) is 2. The van der Waals surface area contributed by atoms with Crippen LogP contribution in [0.15, 0.2) is 30.5 Å². The van der Waals surface area contributed by atoms with E-state index >= 15 is 0 Å². The molecule has 1 fully saturated rings. The largest absolute Gasteiger partial charge is 0.338 e. The van der Waals surface area contributed by atoms with Crippen molar-refractivity contribution in [3.63, 3.8) is 0 Å². The topological polar surface area (TPSA) is 57.3 Å². The lowest BCUT2D eigenvalue weighted by Crippen LogP contribution is -2.32. The summed E-state index contributed by atoms with van der Waals surface area (Å²) in [7, 11) is 0. The Hall–Kier alpha value is -2.14. The molecule has 1 aliphatic heterocycles. The summed E-state index contributed by atoms with van der Waals surface area (Å²) in [6.45, 7) is 6.20. The predicted molar refractivity (Wildman–Crippen MR) is 93.8 cm³/mol. The van der Waals surface area contributed by atoms with E-state index < -0.39 is 0 Å². The number of carbonyl (C=O) groups is 1. The number of aryl methyl sites for hydroxylation is 1. The molecule has 2 aromatic rings. The molecule has 5 heteroatoms. The molecule has 2 heterocycles. The van der Waals surface area contributed by atoms with Gasteiger partial charge in [-0.05, 0) is 69.6 Å². The highest BCUT2D eigenvalue weighted by Crippen LogP contribution is 2.24. The van der Waals surface area contributed by atoms with Crippen molar-refractivity contribution in [2.75, 3.05) is 31.5 Å². The van der Waals surface area contributed by atoms with Crippen molar-refractivity contribution >= 4 is 22.6 Å². The molecule has 2 amide bonds. The van der Waals surface area contributed by atoms with Crippen LogP contribution in [0.4, 0.5) is 10.5 Å². The van der Waals surface area contributed by atoms with Crippen LogP contribution in [0.5, 0.6) is 0 Å². The van der Waals surface area contributed by atoms with E-state index in [1.807, 2.05) is 31.2 Å². The van der Waals surface area contributed by atoms with Crippen molar-refractivity contribution in [2.24, 2.45) is 0 Å². The molecule has 122 valence electrons. The number of hydrogen-bond acceptors (Lipinski definition) is 3. The average molecular weight is 312 g/mol. The van der Waals surface area contributed by atoms with Gasteiger partial charge in [0.15, 0.2) is 0 Å². The number of benzene rings is 1. The van der Waals surface area contributed by atoms with E-state index in [-0.39, 0.29) is 6.03 Å². The number of nitrogens with zero attached hydrogens (tertiary/aromatic N) is 2. The number of urea groups is 1. The summed E-state index contributed by atoms with van der Waals surface area (Å²) < 4.78 is 0. The Labute approximate surface area is 137 Å². The first kappa shape index (κ1) is 15.7. The molecule has 3 rings (SSSR count). The standard InChI is InChI=1S/C18H24N4O/c1-14-7-8-16(15-6-4-9-19-17(14)15)21-18(23)20-10-5-13-22-11-2-3-12-22/h4,6-9H,2-3,5,10-13H2,1H3,(H2,20,21,23). The summed E-state index contributed by atoms with van der Waals surface area (Å²) in [6, 6.07) is 7.64. The van der Waals surface area contributed by atoms with Gasteiger partial charge >= 0.3 is 6.03 Å². The highest BCUT2D eigenvalue weighted by Gasteiger charge is 2.11. The summed E-state index contributed by atoms with van der Waals surface area (Å²) in [5, 5.41) is 6.85. The number of rotatable bonds is 5. The second kappa shape index (κ2) is 7.42. The predicted octanol–water partition coefficient (Wildman–Crippen LogP) is 3.15. The van der Waals surface area contributed by atoms with Crippen LogP contribution < -0.4 is 10.6 Å². The lowest BCUT2D eigenvalue weighted by atomic mass is 10.1. The zero-order chi connectivity index (χ0) is 16.1. The minimum Gasteiger partial charge on any atom is -0.338 e. The van der Waals surface area contributed by atoms with Gasteiger partial charge < -0.3 is 15.5 Å². The summed E-state index contributed by atoms with van der Waals surface area (Å²) in [6.07, 6.45) is 5.38. The summed E-state index contributed by atoms with van der Waals surface area (Å²) in [5.41, 5.74) is 2.84. The van der Waals surface area contributed by atoms with Gasteiger partial charge in [-0.3, -0.25) is 4.98 Å². The van der Waals surface area contributed by atoms with Crippen LogP contribution in [0.2, 0.25) is 0 Å². The zero-order valence-corrected chi connectivity index (χ0v) is 13.6. The van der Waals surface area contributed by atoms with Crippen molar-refractivity contribution in [3.8, 4) is 0 Å². The number of amides is 2. The fourth-order valence-electron chi connectivity index (χ4n) is 3.10. The summed E-state index contributed by atoms with van der Waals surface area (Å²) in [5.74, 6) is 0. The van der Waals surface area contributed by atoms with Crippen LogP contribution in [-0.4, -0.2) is 42.1 Å². The fourth-order valence-corrected chi connectivity index (χ4v) is 3.10. The molecular formula is C18H24N4O. The van der Waals surface area contributed by atoms with Crippen LogP contribution in [0.25, 0.3) is 10.9 Å². The molecule has 1 aliphatic rings. The number of fused-ring (bicyclic) bond motifs is 1. The monoisotopic (exact) mass is 312 g/mol. The van der Waals surface area contributed by atoms with Gasteiger partial charge in [0.25, 0.3) is 0 Å². The van der Waals surface area contributed by atoms with Gasteiger partial charge in [-0.25, -0.2) is 4.79 Å². The molecule has 1 aromatic carbocycles. The zero-order valence-electron chi connectivity index (χ0n) is 13.6. The number of likely N-dealkylation sites (tertiary alicyclic amines) is 1. The third-order valence-electron chi connectivity index (χ3n) is 4.35. The molecule has 0 radical (unpaired) electrons. The maximum Gasteiger partial charge on any atom is 0.319 e. The van der Waals surface area contributed by atoms with Crippen LogP contribution in [-0.2, 0) is 0 Å². The third kappa shape index (κ3) is 3.99. The Kier molecular flexibility index (Phi) is 5.08. The molecule has 1 aromatic heterocycles. The molecule has 0 unspecified atom stereocenters. The van der Waals surface area contributed by atoms with E-state index in [0.717, 1.165) is 35.1 Å². The van der Waals surface area contributed by atoms with Crippen LogP contribution in [0.3, 0.4) is 0 Å². The van der Waals surface area contributed by atoms with Gasteiger partial charge in [-0.1, -0.05) is 6.07 Å². The minimum absolute atomic E-state index is 0.152. The van der Waals surface area contributed by atoms with Gasteiger partial charge in [0.2, 0.25) is 0 Å². The number of carbonyl (C=O) groups excluding carboxylic acids is 1. The minimum atomic E-state index is -0.152. The van der Waals surface area contributed by atoms with Crippen LogP contribution in [0.1, 0.15) is 24.8 Å². The third-order valence-corrected chi connectivity index (χ3v) is 4.35. The molecular weight excluding hydrogens is 288 g/mol. The van der Waals surface area contributed by atoms with E-state index in [9.17, 15) is 4.79 Å². The highest BCUT2D eigenvalue weighted by molar-refractivity contribution is 6.01. The van der Waals surface area contributed by atoms with Crippen molar-refractivity contribution in [2.45, 2.75) is 26.2 Å². The smallest absolute Gasteiger partial charge is 0.319 e. The molecule has 0 saturated carbocycles. The summed E-state index contributed by atoms with van der Waals surface area (Å²) >= 11 is 0. The van der Waals surface area contributed by atoms with E-state index in [4.69, 9.17) is 0 Å². The molecule has 0 aliphatic carbocycles. The maximum absolute atomic E-state index is 12.1. The Morgan fingerprint density at radius 3 is 2.91 bits per heavy atom. The van der Waals surface area contributed by atoms with Gasteiger partial charge in [-0.2, -0.15) is 0 Å². The molecule has 23 heavy (non-hydrogen) atoms. The Morgan fingerprint density at radius 1 is 1.26 bits per heavy atom. The van der Waals surface area contributed by atoms with E-state index in [0.29, 0.717) is 6.54 Å². The number of aromatic nitrogens is 1. The first-order chi connectivity index (χ1) is 11.2. The second-order valence-electron chi connectivity index (χ2n) is 6.11. The lowest BCUT2D eigenvalue weighted by Gasteiger charge is -2.15. The Balaban J connectivity index is 1.52. The molecule has 2 N–H and O–H groups in total. The normalized spacial score (nSPS) is 15.0. The average Bonchev–Trinajstić information content (AvgIpc) is 3.08. The number of pyridine rings is 1. The van der Waals surface area contributed by atoms with Crippen molar-refractivity contribution in [1.29, 1.82) is 0 Å². The maximum atomic E-state index is 12.1. The quantitative estimate of drug-likeness (QED) is 0.834. The van der Waals surface area contributed by atoms with E-state index in [2.05, 4.69) is 20.5 Å². The second-order valence-corrected chi connectivity index (χ2v) is 6.11. The van der Waals surface area contributed by atoms with Crippen molar-refractivity contribution < 1.29 is 4.79 Å². The van der Waals surface area contributed by atoms with Crippen molar-refractivity contribution in [3.05, 3.63) is 36.0 Å². The molecule has 0 spiro atoms. The molecule has 5 nitrogen and oxygen atoms in total. The lowest BCUT2D eigenvalue weighted by molar-refractivity contribution is 0.251. The fraction of sp³-hybridized carbons (Fsp3) is 0.444. The number of hydrogen-bond donors (Lipinski definition) is 2. The first-order valence-electron chi connectivity index (χ1n) is 8.35. The Bertz CT molecular complexity index is 680. The van der Waals surface area contributed by atoms with E-state index in [1.54, 1.807) is 6.20 Å². The molecule has 1 saturated heterocycles.